The van der Waals surface area contributed by atoms with Crippen molar-refractivity contribution in [2.75, 3.05) is 0 Å². The monoisotopic (exact) mass is 229 g/mol. The maximum atomic E-state index is 11.7. The number of rotatable bonds is 8. The summed E-state index contributed by atoms with van der Waals surface area (Å²) in [4.78, 5) is 22.0. The zero-order valence-corrected chi connectivity index (χ0v) is 10.5. The Balaban J connectivity index is 3.81. The van der Waals surface area contributed by atoms with Crippen LogP contribution in [-0.4, -0.2) is 23.0 Å². The van der Waals surface area contributed by atoms with E-state index < -0.39 is 5.97 Å². The van der Waals surface area contributed by atoms with Gasteiger partial charge in [0.25, 0.3) is 0 Å². The van der Waals surface area contributed by atoms with E-state index in [1.165, 1.54) is 0 Å². The first-order valence-electron chi connectivity index (χ1n) is 6.03. The number of carbonyl (C=O) groups excluding carboxylic acids is 1. The first kappa shape index (κ1) is 14.9. The van der Waals surface area contributed by atoms with Crippen LogP contribution in [0, 0.1) is 5.92 Å². The largest absolute Gasteiger partial charge is 0.481 e. The molecule has 0 aromatic rings. The Morgan fingerprint density at radius 3 is 2.25 bits per heavy atom. The topological polar surface area (TPSA) is 66.4 Å². The molecular formula is C12H23NO3. The van der Waals surface area contributed by atoms with Crippen LogP contribution in [0.2, 0.25) is 0 Å². The molecule has 4 heteroatoms. The minimum absolute atomic E-state index is 0.0625. The van der Waals surface area contributed by atoms with Gasteiger partial charge in [-0.15, -0.1) is 0 Å². The summed E-state index contributed by atoms with van der Waals surface area (Å²) in [7, 11) is 0. The number of nitrogens with one attached hydrogen (secondary N) is 1. The fraction of sp³-hybridized carbons (Fsp3) is 0.833. The molecule has 0 bridgehead atoms. The van der Waals surface area contributed by atoms with Crippen LogP contribution in [0.25, 0.3) is 0 Å². The highest BCUT2D eigenvalue weighted by atomic mass is 16.4. The van der Waals surface area contributed by atoms with E-state index >= 15 is 0 Å². The minimum atomic E-state index is -0.779. The van der Waals surface area contributed by atoms with Gasteiger partial charge in [-0.2, -0.15) is 0 Å². The van der Waals surface area contributed by atoms with E-state index in [1.54, 1.807) is 0 Å². The van der Waals surface area contributed by atoms with Crippen LogP contribution in [0.1, 0.15) is 52.9 Å². The zero-order valence-electron chi connectivity index (χ0n) is 10.5. The van der Waals surface area contributed by atoms with Crippen molar-refractivity contribution in [1.29, 1.82) is 0 Å². The molecule has 0 aromatic heterocycles. The summed E-state index contributed by atoms with van der Waals surface area (Å²) in [5.74, 6) is -0.603. The molecule has 0 aliphatic rings. The highest BCUT2D eigenvalue weighted by molar-refractivity contribution is 5.78. The molecule has 0 rings (SSSR count). The van der Waals surface area contributed by atoms with Crippen molar-refractivity contribution >= 4 is 11.9 Å². The Hall–Kier alpha value is -1.06. The molecule has 94 valence electrons. The average Bonchev–Trinajstić information content (AvgIpc) is 2.18. The summed E-state index contributed by atoms with van der Waals surface area (Å²) in [6.45, 7) is 5.92. The molecule has 0 saturated heterocycles. The first-order chi connectivity index (χ1) is 7.51. The second-order valence-corrected chi connectivity index (χ2v) is 4.21. The predicted octanol–water partition coefficient (Wildman–Crippen LogP) is 2.18. The fourth-order valence-electron chi connectivity index (χ4n) is 1.65. The van der Waals surface area contributed by atoms with Crippen molar-refractivity contribution in [2.24, 2.45) is 5.92 Å². The Bertz CT molecular complexity index is 224. The smallest absolute Gasteiger partial charge is 0.303 e. The van der Waals surface area contributed by atoms with Gasteiger partial charge in [0.05, 0.1) is 0 Å². The number of hydrogen-bond acceptors (Lipinski definition) is 2. The zero-order chi connectivity index (χ0) is 12.6. The molecular weight excluding hydrogens is 206 g/mol. The van der Waals surface area contributed by atoms with Crippen molar-refractivity contribution in [3.8, 4) is 0 Å². The van der Waals surface area contributed by atoms with Crippen molar-refractivity contribution in [3.63, 3.8) is 0 Å². The number of amides is 1. The van der Waals surface area contributed by atoms with Crippen LogP contribution in [0.3, 0.4) is 0 Å². The molecule has 0 saturated carbocycles. The van der Waals surface area contributed by atoms with Gasteiger partial charge in [-0.1, -0.05) is 13.8 Å². The Labute approximate surface area is 97.4 Å². The molecule has 2 N–H and O–H groups in total. The van der Waals surface area contributed by atoms with Gasteiger partial charge in [-0.25, -0.2) is 0 Å². The van der Waals surface area contributed by atoms with E-state index in [-0.39, 0.29) is 24.3 Å². The summed E-state index contributed by atoms with van der Waals surface area (Å²) < 4.78 is 0. The second kappa shape index (κ2) is 8.13. The van der Waals surface area contributed by atoms with Gasteiger partial charge < -0.3 is 10.4 Å². The summed E-state index contributed by atoms with van der Waals surface area (Å²) in [5.41, 5.74) is 0. The van der Waals surface area contributed by atoms with Crippen molar-refractivity contribution < 1.29 is 14.7 Å². The van der Waals surface area contributed by atoms with E-state index in [2.05, 4.69) is 5.32 Å². The molecule has 1 amide bonds. The van der Waals surface area contributed by atoms with Gasteiger partial charge in [-0.05, 0) is 32.6 Å². The average molecular weight is 229 g/mol. The molecule has 4 nitrogen and oxygen atoms in total. The van der Waals surface area contributed by atoms with Crippen LogP contribution < -0.4 is 5.32 Å². The number of carbonyl (C=O) groups is 2. The molecule has 16 heavy (non-hydrogen) atoms. The lowest BCUT2D eigenvalue weighted by Gasteiger charge is -2.17. The minimum Gasteiger partial charge on any atom is -0.481 e. The third-order valence-electron chi connectivity index (χ3n) is 2.77. The van der Waals surface area contributed by atoms with Gasteiger partial charge in [-0.3, -0.25) is 9.59 Å². The Morgan fingerprint density at radius 2 is 1.81 bits per heavy atom. The van der Waals surface area contributed by atoms with Crippen LogP contribution in [0.4, 0.5) is 0 Å². The summed E-state index contributed by atoms with van der Waals surface area (Å²) in [6.07, 6.45) is 3.21. The highest BCUT2D eigenvalue weighted by Crippen LogP contribution is 2.09. The van der Waals surface area contributed by atoms with Crippen LogP contribution in [0.15, 0.2) is 0 Å². The summed E-state index contributed by atoms with van der Waals surface area (Å²) in [5, 5.41) is 11.4. The van der Waals surface area contributed by atoms with Gasteiger partial charge in [0.15, 0.2) is 0 Å². The maximum Gasteiger partial charge on any atom is 0.303 e. The second-order valence-electron chi connectivity index (χ2n) is 4.21. The molecule has 0 spiro atoms. The first-order valence-corrected chi connectivity index (χ1v) is 6.03. The molecule has 0 fully saturated rings. The highest BCUT2D eigenvalue weighted by Gasteiger charge is 2.15. The number of hydrogen-bond donors (Lipinski definition) is 2. The van der Waals surface area contributed by atoms with Gasteiger partial charge >= 0.3 is 5.97 Å². The number of carboxylic acids is 1. The van der Waals surface area contributed by atoms with Crippen molar-refractivity contribution in [1.82, 2.24) is 5.32 Å². The SMILES string of the molecule is CCC(CC)C(=O)NC(C)CCCC(=O)O. The molecule has 0 aromatic carbocycles. The van der Waals surface area contributed by atoms with E-state index in [0.29, 0.717) is 6.42 Å². The van der Waals surface area contributed by atoms with Gasteiger partial charge in [0.1, 0.15) is 0 Å². The third kappa shape index (κ3) is 6.43. The van der Waals surface area contributed by atoms with Gasteiger partial charge in [0, 0.05) is 18.4 Å². The standard InChI is InChI=1S/C12H23NO3/c1-4-10(5-2)12(16)13-9(3)7-6-8-11(14)15/h9-10H,4-8H2,1-3H3,(H,13,16)(H,14,15). The lowest BCUT2D eigenvalue weighted by molar-refractivity contribution is -0.137. The molecule has 1 unspecified atom stereocenters. The van der Waals surface area contributed by atoms with E-state index in [4.69, 9.17) is 5.11 Å². The molecule has 0 aliphatic heterocycles. The third-order valence-corrected chi connectivity index (χ3v) is 2.77. The quantitative estimate of drug-likeness (QED) is 0.670. The van der Waals surface area contributed by atoms with Gasteiger partial charge in [0.2, 0.25) is 5.91 Å². The predicted molar refractivity (Wildman–Crippen MR) is 63.2 cm³/mol. The maximum absolute atomic E-state index is 11.7. The van der Waals surface area contributed by atoms with E-state index in [1.807, 2.05) is 20.8 Å². The molecule has 0 heterocycles. The molecule has 0 radical (unpaired) electrons. The van der Waals surface area contributed by atoms with Crippen molar-refractivity contribution in [2.45, 2.75) is 58.9 Å². The Morgan fingerprint density at radius 1 is 1.25 bits per heavy atom. The van der Waals surface area contributed by atoms with Crippen LogP contribution in [0.5, 0.6) is 0 Å². The molecule has 1 atom stereocenters. The number of carboxylic acid groups (broad SMARTS) is 1. The number of aliphatic carboxylic acids is 1. The lowest BCUT2D eigenvalue weighted by atomic mass is 10.0. The molecule has 0 aliphatic carbocycles. The van der Waals surface area contributed by atoms with Crippen molar-refractivity contribution in [3.05, 3.63) is 0 Å². The van der Waals surface area contributed by atoms with Crippen LogP contribution in [-0.2, 0) is 9.59 Å². The van der Waals surface area contributed by atoms with E-state index in [9.17, 15) is 9.59 Å². The Kier molecular flexibility index (Phi) is 7.60. The fourth-order valence-corrected chi connectivity index (χ4v) is 1.65. The van der Waals surface area contributed by atoms with Crippen LogP contribution >= 0.6 is 0 Å². The van der Waals surface area contributed by atoms with E-state index in [0.717, 1.165) is 19.3 Å². The summed E-state index contributed by atoms with van der Waals surface area (Å²) in [6, 6.07) is 0.0625. The normalized spacial score (nSPS) is 12.5. The summed E-state index contributed by atoms with van der Waals surface area (Å²) >= 11 is 0. The lowest BCUT2D eigenvalue weighted by Crippen LogP contribution is -2.36.